The maximum Gasteiger partial charge on any atom is 0.394 e. The molecule has 1 heterocycles. The summed E-state index contributed by atoms with van der Waals surface area (Å²) in [7, 11) is 1.57. The lowest BCUT2D eigenvalue weighted by Gasteiger charge is -2.06. The van der Waals surface area contributed by atoms with Crippen LogP contribution < -0.4 is 0 Å². The minimum Gasteiger partial charge on any atom is -0.335 e. The molecule has 0 amide bonds. The topological polar surface area (TPSA) is 17.8 Å². The molecule has 68 valence electrons. The van der Waals surface area contributed by atoms with Crippen LogP contribution >= 0.6 is 0 Å². The summed E-state index contributed by atoms with van der Waals surface area (Å²) < 4.78 is 37.1. The molecule has 0 aliphatic heterocycles. The number of aryl methyl sites for hydroxylation is 1. The van der Waals surface area contributed by atoms with E-state index in [1.165, 1.54) is 10.8 Å². The molecule has 1 rings (SSSR count). The van der Waals surface area contributed by atoms with E-state index in [1.54, 1.807) is 14.0 Å². The van der Waals surface area contributed by atoms with Crippen LogP contribution in [-0.2, 0) is 13.5 Å². The SMILES string of the molecule is Cc1ncc(CC(F)(F)F)n1C. The molecule has 5 heteroatoms. The number of hydrogen-bond acceptors (Lipinski definition) is 1. The Bertz CT molecular complexity index is 275. The minimum absolute atomic E-state index is 0.194. The van der Waals surface area contributed by atoms with Gasteiger partial charge in [0.2, 0.25) is 0 Å². The van der Waals surface area contributed by atoms with Crippen LogP contribution in [0.15, 0.2) is 6.20 Å². The van der Waals surface area contributed by atoms with Gasteiger partial charge in [0.1, 0.15) is 5.82 Å². The van der Waals surface area contributed by atoms with E-state index < -0.39 is 12.6 Å². The summed E-state index contributed by atoms with van der Waals surface area (Å²) in [6, 6.07) is 0. The van der Waals surface area contributed by atoms with Crippen LogP contribution in [0.25, 0.3) is 0 Å². The molecule has 0 aliphatic carbocycles. The summed E-state index contributed by atoms with van der Waals surface area (Å²) in [4.78, 5) is 3.76. The van der Waals surface area contributed by atoms with Crippen LogP contribution in [0, 0.1) is 6.92 Å². The van der Waals surface area contributed by atoms with Gasteiger partial charge >= 0.3 is 6.18 Å². The van der Waals surface area contributed by atoms with Gasteiger partial charge in [0.25, 0.3) is 0 Å². The van der Waals surface area contributed by atoms with E-state index in [4.69, 9.17) is 0 Å². The monoisotopic (exact) mass is 178 g/mol. The number of alkyl halides is 3. The zero-order valence-corrected chi connectivity index (χ0v) is 6.81. The third-order valence-electron chi connectivity index (χ3n) is 1.70. The number of aromatic nitrogens is 2. The number of imidazole rings is 1. The van der Waals surface area contributed by atoms with Crippen molar-refractivity contribution >= 4 is 0 Å². The number of nitrogens with zero attached hydrogens (tertiary/aromatic N) is 2. The van der Waals surface area contributed by atoms with Gasteiger partial charge in [0.05, 0.1) is 6.42 Å². The fourth-order valence-corrected chi connectivity index (χ4v) is 0.919. The highest BCUT2D eigenvalue weighted by atomic mass is 19.4. The Morgan fingerprint density at radius 1 is 1.50 bits per heavy atom. The molecule has 0 aromatic carbocycles. The van der Waals surface area contributed by atoms with Crippen LogP contribution in [-0.4, -0.2) is 15.7 Å². The lowest BCUT2D eigenvalue weighted by atomic mass is 10.3. The van der Waals surface area contributed by atoms with Crippen molar-refractivity contribution in [2.75, 3.05) is 0 Å². The van der Waals surface area contributed by atoms with Crippen molar-refractivity contribution < 1.29 is 13.2 Å². The quantitative estimate of drug-likeness (QED) is 0.641. The molecule has 1 aromatic heterocycles. The Morgan fingerprint density at radius 3 is 2.42 bits per heavy atom. The van der Waals surface area contributed by atoms with Crippen LogP contribution in [0.2, 0.25) is 0 Å². The lowest BCUT2D eigenvalue weighted by molar-refractivity contribution is -0.128. The Morgan fingerprint density at radius 2 is 2.08 bits per heavy atom. The highest BCUT2D eigenvalue weighted by Gasteiger charge is 2.29. The van der Waals surface area contributed by atoms with Gasteiger partial charge in [-0.15, -0.1) is 0 Å². The second kappa shape index (κ2) is 2.80. The van der Waals surface area contributed by atoms with Crippen molar-refractivity contribution in [1.29, 1.82) is 0 Å². The van der Waals surface area contributed by atoms with E-state index >= 15 is 0 Å². The number of halogens is 3. The van der Waals surface area contributed by atoms with Gasteiger partial charge in [-0.1, -0.05) is 0 Å². The summed E-state index contributed by atoms with van der Waals surface area (Å²) in [6.45, 7) is 1.67. The summed E-state index contributed by atoms with van der Waals surface area (Å²) >= 11 is 0. The van der Waals surface area contributed by atoms with Gasteiger partial charge in [-0.25, -0.2) is 4.98 Å². The molecule has 0 radical (unpaired) electrons. The average molecular weight is 178 g/mol. The van der Waals surface area contributed by atoms with E-state index in [9.17, 15) is 13.2 Å². The van der Waals surface area contributed by atoms with Gasteiger partial charge in [0, 0.05) is 18.9 Å². The van der Waals surface area contributed by atoms with E-state index in [1.807, 2.05) is 0 Å². The number of rotatable bonds is 1. The van der Waals surface area contributed by atoms with Gasteiger partial charge in [-0.3, -0.25) is 0 Å². The van der Waals surface area contributed by atoms with Crippen LogP contribution in [0.1, 0.15) is 11.5 Å². The average Bonchev–Trinajstić information content (AvgIpc) is 2.16. The molecule has 0 N–H and O–H groups in total. The third-order valence-corrected chi connectivity index (χ3v) is 1.70. The Hall–Kier alpha value is -1.00. The highest BCUT2D eigenvalue weighted by Crippen LogP contribution is 2.20. The van der Waals surface area contributed by atoms with Crippen molar-refractivity contribution in [2.24, 2.45) is 7.05 Å². The summed E-state index contributed by atoms with van der Waals surface area (Å²) in [6.07, 6.45) is -3.81. The van der Waals surface area contributed by atoms with Crippen LogP contribution in [0.4, 0.5) is 13.2 Å². The molecule has 12 heavy (non-hydrogen) atoms. The second-order valence-electron chi connectivity index (χ2n) is 2.65. The van der Waals surface area contributed by atoms with Gasteiger partial charge in [-0.05, 0) is 6.92 Å². The maximum absolute atomic E-state index is 11.9. The molecule has 0 saturated carbocycles. The van der Waals surface area contributed by atoms with Gasteiger partial charge in [0.15, 0.2) is 0 Å². The smallest absolute Gasteiger partial charge is 0.335 e. The molecule has 0 atom stereocenters. The van der Waals surface area contributed by atoms with E-state index in [0.717, 1.165) is 0 Å². The first-order valence-electron chi connectivity index (χ1n) is 3.44. The van der Waals surface area contributed by atoms with Gasteiger partial charge < -0.3 is 4.57 Å². The summed E-state index contributed by atoms with van der Waals surface area (Å²) in [5.41, 5.74) is 0.194. The number of hydrogen-bond donors (Lipinski definition) is 0. The normalized spacial score (nSPS) is 12.1. The fourth-order valence-electron chi connectivity index (χ4n) is 0.919. The standard InChI is InChI=1S/C7H9F3N2/c1-5-11-4-6(12(5)2)3-7(8,9)10/h4H,3H2,1-2H3. The minimum atomic E-state index is -4.15. The molecule has 0 fully saturated rings. The van der Waals surface area contributed by atoms with Crippen molar-refractivity contribution in [3.05, 3.63) is 17.7 Å². The Balaban J connectivity index is 2.83. The van der Waals surface area contributed by atoms with Crippen LogP contribution in [0.3, 0.4) is 0 Å². The zero-order chi connectivity index (χ0) is 9.35. The fraction of sp³-hybridized carbons (Fsp3) is 0.571. The van der Waals surface area contributed by atoms with Crippen LogP contribution in [0.5, 0.6) is 0 Å². The third kappa shape index (κ3) is 1.99. The predicted octanol–water partition coefficient (Wildman–Crippen LogP) is 1.83. The first kappa shape index (κ1) is 9.09. The Labute approximate surface area is 68.0 Å². The van der Waals surface area contributed by atoms with Crippen molar-refractivity contribution in [1.82, 2.24) is 9.55 Å². The van der Waals surface area contributed by atoms with Crippen molar-refractivity contribution in [3.8, 4) is 0 Å². The molecule has 0 spiro atoms. The van der Waals surface area contributed by atoms with E-state index in [0.29, 0.717) is 5.82 Å². The molecule has 1 aromatic rings. The van der Waals surface area contributed by atoms with Crippen molar-refractivity contribution in [2.45, 2.75) is 19.5 Å². The largest absolute Gasteiger partial charge is 0.394 e. The molecule has 0 unspecified atom stereocenters. The van der Waals surface area contributed by atoms with E-state index in [2.05, 4.69) is 4.98 Å². The Kier molecular flexibility index (Phi) is 2.12. The second-order valence-corrected chi connectivity index (χ2v) is 2.65. The highest BCUT2D eigenvalue weighted by molar-refractivity contribution is 5.04. The molecular formula is C7H9F3N2. The van der Waals surface area contributed by atoms with Crippen molar-refractivity contribution in [3.63, 3.8) is 0 Å². The maximum atomic E-state index is 11.9. The van der Waals surface area contributed by atoms with E-state index in [-0.39, 0.29) is 5.69 Å². The molecule has 0 aliphatic rings. The predicted molar refractivity (Wildman–Crippen MR) is 37.7 cm³/mol. The first-order valence-corrected chi connectivity index (χ1v) is 3.44. The molecule has 0 saturated heterocycles. The lowest BCUT2D eigenvalue weighted by Crippen LogP contribution is -2.14. The zero-order valence-electron chi connectivity index (χ0n) is 6.81. The molecule has 2 nitrogen and oxygen atoms in total. The molecular weight excluding hydrogens is 169 g/mol. The summed E-state index contributed by atoms with van der Waals surface area (Å²) in [5.74, 6) is 0.592. The van der Waals surface area contributed by atoms with Gasteiger partial charge in [-0.2, -0.15) is 13.2 Å². The first-order chi connectivity index (χ1) is 5.40. The summed E-state index contributed by atoms with van der Waals surface area (Å²) in [5, 5.41) is 0. The molecule has 0 bridgehead atoms.